The highest BCUT2D eigenvalue weighted by Crippen LogP contribution is 2.20. The molecule has 3 unspecified atom stereocenters. The van der Waals surface area contributed by atoms with Crippen LogP contribution in [0.5, 0.6) is 5.75 Å². The molecule has 0 aliphatic carbocycles. The van der Waals surface area contributed by atoms with Crippen LogP contribution in [0.3, 0.4) is 0 Å². The van der Waals surface area contributed by atoms with Crippen molar-refractivity contribution in [3.05, 3.63) is 24.3 Å². The number of rotatable bonds is 5. The zero-order valence-electron chi connectivity index (χ0n) is 14.7. The lowest BCUT2D eigenvalue weighted by molar-refractivity contribution is -0.138. The second-order valence-corrected chi connectivity index (χ2v) is 8.41. The summed E-state index contributed by atoms with van der Waals surface area (Å²) in [5.74, 6) is -0.275. The second-order valence-electron chi connectivity index (χ2n) is 6.37. The number of benzene rings is 1. The van der Waals surface area contributed by atoms with Crippen LogP contribution >= 0.6 is 0 Å². The van der Waals surface area contributed by atoms with E-state index in [-0.39, 0.29) is 28.6 Å². The van der Waals surface area contributed by atoms with E-state index >= 15 is 0 Å². The first-order chi connectivity index (χ1) is 11.3. The molecule has 7 heteroatoms. The normalized spacial score (nSPS) is 22.9. The predicted molar refractivity (Wildman–Crippen MR) is 92.9 cm³/mol. The van der Waals surface area contributed by atoms with Crippen LogP contribution in [-0.2, 0) is 14.6 Å². The van der Waals surface area contributed by atoms with E-state index in [1.807, 2.05) is 13.8 Å². The van der Waals surface area contributed by atoms with Gasteiger partial charge in [-0.05, 0) is 38.1 Å². The van der Waals surface area contributed by atoms with Gasteiger partial charge in [-0.1, -0.05) is 6.92 Å². The van der Waals surface area contributed by atoms with Crippen LogP contribution in [0.2, 0.25) is 0 Å². The molecule has 1 saturated heterocycles. The van der Waals surface area contributed by atoms with E-state index in [9.17, 15) is 13.2 Å². The van der Waals surface area contributed by atoms with E-state index < -0.39 is 15.8 Å². The average molecular weight is 354 g/mol. The molecule has 1 fully saturated rings. The largest absolute Gasteiger partial charge is 0.497 e. The van der Waals surface area contributed by atoms with Crippen molar-refractivity contribution in [2.24, 2.45) is 5.92 Å². The van der Waals surface area contributed by atoms with Crippen LogP contribution in [0.15, 0.2) is 29.2 Å². The molecule has 1 aromatic rings. The van der Waals surface area contributed by atoms with Crippen molar-refractivity contribution in [3.8, 4) is 5.75 Å². The third-order valence-electron chi connectivity index (χ3n) is 4.63. The van der Waals surface area contributed by atoms with E-state index in [0.29, 0.717) is 12.3 Å². The molecule has 0 bridgehead atoms. The number of hydrogen-bond donors (Lipinski definition) is 1. The minimum Gasteiger partial charge on any atom is -0.497 e. The molecule has 1 N–H and O–H groups in total. The summed E-state index contributed by atoms with van der Waals surface area (Å²) in [7, 11) is -1.99. The molecule has 0 saturated carbocycles. The topological polar surface area (TPSA) is 75.7 Å². The van der Waals surface area contributed by atoms with Crippen molar-refractivity contribution in [1.82, 2.24) is 10.2 Å². The third kappa shape index (κ3) is 4.08. The number of piperazine rings is 1. The summed E-state index contributed by atoms with van der Waals surface area (Å²) in [5, 5.41) is 3.32. The Morgan fingerprint density at radius 3 is 2.54 bits per heavy atom. The molecule has 24 heavy (non-hydrogen) atoms. The van der Waals surface area contributed by atoms with Gasteiger partial charge in [0.25, 0.3) is 0 Å². The summed E-state index contributed by atoms with van der Waals surface area (Å²) < 4.78 is 30.1. The molecule has 2 rings (SSSR count). The maximum absolute atomic E-state index is 12.7. The Kier molecular flexibility index (Phi) is 5.87. The van der Waals surface area contributed by atoms with Gasteiger partial charge in [0, 0.05) is 31.1 Å². The smallest absolute Gasteiger partial charge is 0.226 e. The fraction of sp³-hybridized carbons (Fsp3) is 0.588. The summed E-state index contributed by atoms with van der Waals surface area (Å²) in [6.45, 7) is 7.04. The average Bonchev–Trinajstić information content (AvgIpc) is 2.56. The van der Waals surface area contributed by atoms with E-state index in [0.717, 1.165) is 6.54 Å². The number of amides is 1. The molecule has 6 nitrogen and oxygen atoms in total. The minimum atomic E-state index is -3.52. The van der Waals surface area contributed by atoms with Crippen LogP contribution in [-0.4, -0.2) is 57.3 Å². The van der Waals surface area contributed by atoms with Crippen LogP contribution in [0.25, 0.3) is 0 Å². The first-order valence-corrected chi connectivity index (χ1v) is 9.82. The quantitative estimate of drug-likeness (QED) is 0.863. The number of sulfone groups is 1. The molecule has 3 atom stereocenters. The standard InChI is InChI=1S/C17H26N2O4S/c1-12(17(20)19-10-9-18-13(2)14(19)3)11-24(21,22)16-7-5-15(23-4)6-8-16/h5-8,12-14,18H,9-11H2,1-4H3. The molecule has 1 aliphatic heterocycles. The van der Waals surface area contributed by atoms with Crippen molar-refractivity contribution < 1.29 is 17.9 Å². The molecule has 0 spiro atoms. The Labute approximate surface area is 144 Å². The number of carbonyl (C=O) groups is 1. The number of methoxy groups -OCH3 is 1. The van der Waals surface area contributed by atoms with Gasteiger partial charge in [-0.15, -0.1) is 0 Å². The van der Waals surface area contributed by atoms with Gasteiger partial charge in [0.2, 0.25) is 5.91 Å². The van der Waals surface area contributed by atoms with E-state index in [2.05, 4.69) is 5.32 Å². The first kappa shape index (κ1) is 18.7. The monoisotopic (exact) mass is 354 g/mol. The summed E-state index contributed by atoms with van der Waals surface area (Å²) >= 11 is 0. The molecule has 1 aliphatic rings. The van der Waals surface area contributed by atoms with Crippen molar-refractivity contribution in [2.75, 3.05) is 26.0 Å². The first-order valence-electron chi connectivity index (χ1n) is 8.17. The number of nitrogens with one attached hydrogen (secondary N) is 1. The number of hydrogen-bond acceptors (Lipinski definition) is 5. The van der Waals surface area contributed by atoms with Crippen molar-refractivity contribution in [2.45, 2.75) is 37.8 Å². The number of carbonyl (C=O) groups excluding carboxylic acids is 1. The number of nitrogens with zero attached hydrogens (tertiary/aromatic N) is 1. The van der Waals surface area contributed by atoms with Gasteiger partial charge < -0.3 is 15.0 Å². The second kappa shape index (κ2) is 7.53. The lowest BCUT2D eigenvalue weighted by Crippen LogP contribution is -2.58. The van der Waals surface area contributed by atoms with Gasteiger partial charge >= 0.3 is 0 Å². The summed E-state index contributed by atoms with van der Waals surface area (Å²) in [5.41, 5.74) is 0. The summed E-state index contributed by atoms with van der Waals surface area (Å²) in [6, 6.07) is 6.51. The highest BCUT2D eigenvalue weighted by atomic mass is 32.2. The molecular weight excluding hydrogens is 328 g/mol. The van der Waals surface area contributed by atoms with Crippen LogP contribution in [0.1, 0.15) is 20.8 Å². The maximum Gasteiger partial charge on any atom is 0.226 e. The Morgan fingerprint density at radius 2 is 1.96 bits per heavy atom. The highest BCUT2D eigenvalue weighted by Gasteiger charge is 2.32. The van der Waals surface area contributed by atoms with Gasteiger partial charge in [0.1, 0.15) is 5.75 Å². The number of ether oxygens (including phenoxy) is 1. The fourth-order valence-electron chi connectivity index (χ4n) is 2.93. The minimum absolute atomic E-state index is 0.0531. The Morgan fingerprint density at radius 1 is 1.33 bits per heavy atom. The van der Waals surface area contributed by atoms with E-state index in [1.54, 1.807) is 24.0 Å². The molecule has 1 aromatic carbocycles. The zero-order valence-corrected chi connectivity index (χ0v) is 15.5. The van der Waals surface area contributed by atoms with Crippen LogP contribution in [0, 0.1) is 5.92 Å². The predicted octanol–water partition coefficient (Wildman–Crippen LogP) is 1.31. The summed E-state index contributed by atoms with van der Waals surface area (Å²) in [4.78, 5) is 14.7. The fourth-order valence-corrected chi connectivity index (χ4v) is 4.47. The van der Waals surface area contributed by atoms with E-state index in [1.165, 1.54) is 19.2 Å². The third-order valence-corrected chi connectivity index (χ3v) is 6.56. The van der Waals surface area contributed by atoms with Crippen molar-refractivity contribution >= 4 is 15.7 Å². The Bertz CT molecular complexity index is 672. The molecule has 1 amide bonds. The Balaban J connectivity index is 2.09. The Hall–Kier alpha value is -1.60. The SMILES string of the molecule is COc1ccc(S(=O)(=O)CC(C)C(=O)N2CCNC(C)C2C)cc1. The molecule has 0 aromatic heterocycles. The van der Waals surface area contributed by atoms with E-state index in [4.69, 9.17) is 4.74 Å². The summed E-state index contributed by atoms with van der Waals surface area (Å²) in [6.07, 6.45) is 0. The van der Waals surface area contributed by atoms with Crippen LogP contribution < -0.4 is 10.1 Å². The zero-order chi connectivity index (χ0) is 17.9. The lowest BCUT2D eigenvalue weighted by atomic mass is 10.0. The maximum atomic E-state index is 12.7. The highest BCUT2D eigenvalue weighted by molar-refractivity contribution is 7.91. The lowest BCUT2D eigenvalue weighted by Gasteiger charge is -2.39. The molecule has 1 heterocycles. The van der Waals surface area contributed by atoms with Gasteiger partial charge in [-0.2, -0.15) is 0 Å². The van der Waals surface area contributed by atoms with Gasteiger partial charge in [-0.25, -0.2) is 8.42 Å². The molecule has 0 radical (unpaired) electrons. The van der Waals surface area contributed by atoms with Crippen LogP contribution in [0.4, 0.5) is 0 Å². The van der Waals surface area contributed by atoms with Gasteiger partial charge in [0.05, 0.1) is 17.8 Å². The van der Waals surface area contributed by atoms with Crippen molar-refractivity contribution in [1.29, 1.82) is 0 Å². The molecule has 134 valence electrons. The van der Waals surface area contributed by atoms with Gasteiger partial charge in [-0.3, -0.25) is 4.79 Å². The molecular formula is C17H26N2O4S. The van der Waals surface area contributed by atoms with Crippen molar-refractivity contribution in [3.63, 3.8) is 0 Å². The van der Waals surface area contributed by atoms with Gasteiger partial charge in [0.15, 0.2) is 9.84 Å².